The molecular formula is C16H14N2O5. The fourth-order valence-corrected chi connectivity index (χ4v) is 2.04. The van der Waals surface area contributed by atoms with Gasteiger partial charge >= 0.3 is 5.97 Å². The number of hydrogen-bond acceptors (Lipinski definition) is 7. The van der Waals surface area contributed by atoms with E-state index >= 15 is 0 Å². The van der Waals surface area contributed by atoms with Crippen molar-refractivity contribution in [2.75, 3.05) is 0 Å². The molecule has 7 nitrogen and oxygen atoms in total. The third kappa shape index (κ3) is 3.29. The van der Waals surface area contributed by atoms with Gasteiger partial charge in [-0.05, 0) is 25.1 Å². The van der Waals surface area contributed by atoms with Crippen LogP contribution in [0.2, 0.25) is 0 Å². The van der Waals surface area contributed by atoms with Crippen molar-refractivity contribution >= 4 is 5.97 Å². The molecule has 3 aromatic rings. The zero-order chi connectivity index (χ0) is 16.2. The molecule has 23 heavy (non-hydrogen) atoms. The average Bonchev–Trinajstić information content (AvgIpc) is 3.20. The zero-order valence-electron chi connectivity index (χ0n) is 12.4. The molecule has 0 aliphatic heterocycles. The van der Waals surface area contributed by atoms with Gasteiger partial charge in [0.05, 0.1) is 0 Å². The number of hydrogen-bond donors (Lipinski definition) is 1. The van der Waals surface area contributed by atoms with Crippen molar-refractivity contribution in [3.05, 3.63) is 59.4 Å². The number of furan rings is 1. The van der Waals surface area contributed by atoms with Crippen LogP contribution in [0, 0.1) is 6.92 Å². The van der Waals surface area contributed by atoms with Gasteiger partial charge in [-0.25, -0.2) is 4.79 Å². The predicted molar refractivity (Wildman–Crippen MR) is 78.2 cm³/mol. The van der Waals surface area contributed by atoms with E-state index in [0.29, 0.717) is 17.4 Å². The van der Waals surface area contributed by atoms with Crippen LogP contribution < -0.4 is 0 Å². The molecule has 0 radical (unpaired) electrons. The highest BCUT2D eigenvalue weighted by molar-refractivity contribution is 5.90. The Bertz CT molecular complexity index is 807. The number of benzene rings is 1. The van der Waals surface area contributed by atoms with E-state index in [1.165, 1.54) is 6.07 Å². The Labute approximate surface area is 131 Å². The Kier molecular flexibility index (Phi) is 4.20. The van der Waals surface area contributed by atoms with Crippen molar-refractivity contribution in [1.29, 1.82) is 0 Å². The minimum Gasteiger partial charge on any atom is -0.463 e. The first kappa shape index (κ1) is 15.0. The SMILES string of the molecule is Cc1oc(CO)cc1C(=O)OCc1nnc(-c2ccccc2)o1. The second-order valence-corrected chi connectivity index (χ2v) is 4.78. The highest BCUT2D eigenvalue weighted by Crippen LogP contribution is 2.19. The number of aliphatic hydroxyl groups is 1. The van der Waals surface area contributed by atoms with Gasteiger partial charge in [-0.3, -0.25) is 0 Å². The quantitative estimate of drug-likeness (QED) is 0.722. The molecule has 0 fully saturated rings. The molecule has 7 heteroatoms. The first-order valence-electron chi connectivity index (χ1n) is 6.92. The Morgan fingerprint density at radius 2 is 2.00 bits per heavy atom. The number of rotatable bonds is 5. The number of carbonyl (C=O) groups is 1. The molecule has 0 spiro atoms. The summed E-state index contributed by atoms with van der Waals surface area (Å²) in [7, 11) is 0. The predicted octanol–water partition coefficient (Wildman–Crippen LogP) is 2.49. The molecule has 118 valence electrons. The average molecular weight is 314 g/mol. The van der Waals surface area contributed by atoms with Gasteiger partial charge in [0, 0.05) is 5.56 Å². The maximum atomic E-state index is 12.0. The fourth-order valence-electron chi connectivity index (χ4n) is 2.04. The van der Waals surface area contributed by atoms with Crippen LogP contribution in [0.15, 0.2) is 45.2 Å². The minimum atomic E-state index is -0.578. The van der Waals surface area contributed by atoms with Gasteiger partial charge in [-0.1, -0.05) is 18.2 Å². The van der Waals surface area contributed by atoms with E-state index in [4.69, 9.17) is 18.7 Å². The topological polar surface area (TPSA) is 98.6 Å². The summed E-state index contributed by atoms with van der Waals surface area (Å²) in [5, 5.41) is 16.8. The molecule has 0 amide bonds. The fraction of sp³-hybridized carbons (Fsp3) is 0.188. The number of aliphatic hydroxyl groups excluding tert-OH is 1. The number of nitrogens with zero attached hydrogens (tertiary/aromatic N) is 2. The van der Waals surface area contributed by atoms with E-state index in [0.717, 1.165) is 5.56 Å². The monoisotopic (exact) mass is 314 g/mol. The molecular weight excluding hydrogens is 300 g/mol. The lowest BCUT2D eigenvalue weighted by molar-refractivity contribution is 0.0436. The van der Waals surface area contributed by atoms with Gasteiger partial charge in [0.25, 0.3) is 5.89 Å². The molecule has 1 aromatic carbocycles. The summed E-state index contributed by atoms with van der Waals surface area (Å²) >= 11 is 0. The summed E-state index contributed by atoms with van der Waals surface area (Å²) in [5.41, 5.74) is 1.05. The van der Waals surface area contributed by atoms with Gasteiger partial charge in [0.1, 0.15) is 23.7 Å². The molecule has 0 bridgehead atoms. The Balaban J connectivity index is 1.65. The maximum Gasteiger partial charge on any atom is 0.342 e. The van der Waals surface area contributed by atoms with E-state index < -0.39 is 5.97 Å². The second-order valence-electron chi connectivity index (χ2n) is 4.78. The van der Waals surface area contributed by atoms with Gasteiger partial charge in [0.2, 0.25) is 5.89 Å². The number of aromatic nitrogens is 2. The van der Waals surface area contributed by atoms with E-state index in [1.54, 1.807) is 6.92 Å². The van der Waals surface area contributed by atoms with Crippen LogP contribution in [0.1, 0.15) is 27.8 Å². The first-order valence-corrected chi connectivity index (χ1v) is 6.92. The number of carbonyl (C=O) groups excluding carboxylic acids is 1. The van der Waals surface area contributed by atoms with Gasteiger partial charge in [-0.15, -0.1) is 10.2 Å². The zero-order valence-corrected chi connectivity index (χ0v) is 12.4. The molecule has 2 heterocycles. The van der Waals surface area contributed by atoms with Gasteiger partial charge in [0.15, 0.2) is 6.61 Å². The first-order chi connectivity index (χ1) is 11.2. The van der Waals surface area contributed by atoms with Crippen LogP contribution in [0.3, 0.4) is 0 Å². The number of esters is 1. The minimum absolute atomic E-state index is 0.141. The second kappa shape index (κ2) is 6.45. The Morgan fingerprint density at radius 3 is 2.70 bits per heavy atom. The largest absolute Gasteiger partial charge is 0.463 e. The van der Waals surface area contributed by atoms with Crippen molar-refractivity contribution in [2.24, 2.45) is 0 Å². The van der Waals surface area contributed by atoms with Crippen LogP contribution in [-0.4, -0.2) is 21.3 Å². The summed E-state index contributed by atoms with van der Waals surface area (Å²) in [4.78, 5) is 12.0. The third-order valence-corrected chi connectivity index (χ3v) is 3.16. The molecule has 2 aromatic heterocycles. The lowest BCUT2D eigenvalue weighted by Gasteiger charge is -2.00. The number of aryl methyl sites for hydroxylation is 1. The van der Waals surface area contributed by atoms with Crippen molar-refractivity contribution in [1.82, 2.24) is 10.2 Å². The van der Waals surface area contributed by atoms with E-state index in [-0.39, 0.29) is 24.7 Å². The summed E-state index contributed by atoms with van der Waals surface area (Å²) in [6, 6.07) is 10.7. The van der Waals surface area contributed by atoms with E-state index in [1.807, 2.05) is 30.3 Å². The Hall–Kier alpha value is -2.93. The van der Waals surface area contributed by atoms with E-state index in [9.17, 15) is 4.79 Å². The third-order valence-electron chi connectivity index (χ3n) is 3.16. The lowest BCUT2D eigenvalue weighted by atomic mass is 10.2. The molecule has 0 atom stereocenters. The molecule has 0 aliphatic rings. The molecule has 1 N–H and O–H groups in total. The standard InChI is InChI=1S/C16H14N2O5/c1-10-13(7-12(8-19)22-10)16(20)21-9-14-17-18-15(23-14)11-5-3-2-4-6-11/h2-7,19H,8-9H2,1H3. The summed E-state index contributed by atoms with van der Waals surface area (Å²) < 4.78 is 15.8. The van der Waals surface area contributed by atoms with E-state index in [2.05, 4.69) is 10.2 Å². The van der Waals surface area contributed by atoms with Crippen molar-refractivity contribution in [3.63, 3.8) is 0 Å². The highest BCUT2D eigenvalue weighted by atomic mass is 16.5. The summed E-state index contributed by atoms with van der Waals surface area (Å²) in [6.45, 7) is 1.20. The van der Waals surface area contributed by atoms with Crippen LogP contribution in [0.4, 0.5) is 0 Å². The van der Waals surface area contributed by atoms with Crippen molar-refractivity contribution in [3.8, 4) is 11.5 Å². The lowest BCUT2D eigenvalue weighted by Crippen LogP contribution is -2.05. The van der Waals surface area contributed by atoms with Crippen LogP contribution >= 0.6 is 0 Å². The highest BCUT2D eigenvalue weighted by Gasteiger charge is 2.17. The Morgan fingerprint density at radius 1 is 1.22 bits per heavy atom. The summed E-state index contributed by atoms with van der Waals surface area (Å²) in [5.74, 6) is 0.665. The normalized spacial score (nSPS) is 10.7. The van der Waals surface area contributed by atoms with Crippen molar-refractivity contribution < 1.29 is 23.5 Å². The maximum absolute atomic E-state index is 12.0. The van der Waals surface area contributed by atoms with Crippen LogP contribution in [0.25, 0.3) is 11.5 Å². The van der Waals surface area contributed by atoms with Crippen LogP contribution in [0.5, 0.6) is 0 Å². The smallest absolute Gasteiger partial charge is 0.342 e. The molecule has 0 unspecified atom stereocenters. The van der Waals surface area contributed by atoms with Crippen LogP contribution in [-0.2, 0) is 18.0 Å². The molecule has 0 saturated carbocycles. The summed E-state index contributed by atoms with van der Waals surface area (Å²) in [6.07, 6.45) is 0. The molecule has 3 rings (SSSR count). The van der Waals surface area contributed by atoms with Gasteiger partial charge < -0.3 is 18.7 Å². The number of ether oxygens (including phenoxy) is 1. The van der Waals surface area contributed by atoms with Crippen molar-refractivity contribution in [2.45, 2.75) is 20.1 Å². The molecule has 0 aliphatic carbocycles. The van der Waals surface area contributed by atoms with Gasteiger partial charge in [-0.2, -0.15) is 0 Å². The molecule has 0 saturated heterocycles.